The fourth-order valence-corrected chi connectivity index (χ4v) is 3.53. The van der Waals surface area contributed by atoms with Crippen LogP contribution in [0.3, 0.4) is 0 Å². The third-order valence-electron chi connectivity index (χ3n) is 3.65. The van der Waals surface area contributed by atoms with Crippen molar-refractivity contribution in [2.75, 3.05) is 20.1 Å². The molecule has 0 atom stereocenters. The molecule has 2 heterocycles. The van der Waals surface area contributed by atoms with Gasteiger partial charge < -0.3 is 14.8 Å². The van der Waals surface area contributed by atoms with Crippen LogP contribution in [0, 0.1) is 6.92 Å². The Kier molecular flexibility index (Phi) is 9.81. The summed E-state index contributed by atoms with van der Waals surface area (Å²) in [5.41, 5.74) is 2.26. The Morgan fingerprint density at radius 3 is 2.80 bits per heavy atom. The van der Waals surface area contributed by atoms with Crippen molar-refractivity contribution in [2.45, 2.75) is 33.2 Å². The van der Waals surface area contributed by atoms with Crippen LogP contribution in [0.5, 0.6) is 0 Å². The molecule has 0 unspecified atom stereocenters. The average molecular weight is 496 g/mol. The monoisotopic (exact) mass is 495 g/mol. The third-order valence-corrected chi connectivity index (χ3v) is 4.88. The maximum Gasteiger partial charge on any atom is 0.194 e. The molecule has 0 aromatic carbocycles. The average Bonchev–Trinajstić information content (AvgIpc) is 3.07. The maximum absolute atomic E-state index is 6.06. The van der Waals surface area contributed by atoms with Gasteiger partial charge in [0.1, 0.15) is 0 Å². The maximum atomic E-state index is 6.06. The van der Waals surface area contributed by atoms with E-state index < -0.39 is 0 Å². The number of hydrogen-bond donors (Lipinski definition) is 1. The van der Waals surface area contributed by atoms with Crippen LogP contribution in [-0.2, 0) is 20.0 Å². The van der Waals surface area contributed by atoms with E-state index in [-0.39, 0.29) is 24.0 Å². The lowest BCUT2D eigenvalue weighted by atomic mass is 10.3. The molecule has 0 amide bonds. The Morgan fingerprint density at radius 1 is 1.48 bits per heavy atom. The molecule has 0 aliphatic rings. The van der Waals surface area contributed by atoms with E-state index in [9.17, 15) is 0 Å². The molecule has 0 aliphatic carbocycles. The first-order valence-electron chi connectivity index (χ1n) is 8.20. The van der Waals surface area contributed by atoms with Crippen LogP contribution >= 0.6 is 46.9 Å². The highest BCUT2D eigenvalue weighted by molar-refractivity contribution is 14.0. The predicted molar refractivity (Wildman–Crippen MR) is 118 cm³/mol. The van der Waals surface area contributed by atoms with Crippen molar-refractivity contribution in [3.05, 3.63) is 39.1 Å². The molecule has 8 heteroatoms. The van der Waals surface area contributed by atoms with Gasteiger partial charge in [-0.05, 0) is 26.3 Å². The summed E-state index contributed by atoms with van der Waals surface area (Å²) in [4.78, 5) is 11.4. The first-order valence-corrected chi connectivity index (χ1v) is 9.46. The minimum absolute atomic E-state index is 0. The number of aryl methyl sites for hydroxylation is 3. The minimum Gasteiger partial charge on any atom is -0.357 e. The number of thiazole rings is 1. The van der Waals surface area contributed by atoms with Gasteiger partial charge in [0, 0.05) is 56.6 Å². The zero-order valence-corrected chi connectivity index (χ0v) is 19.2. The summed E-state index contributed by atoms with van der Waals surface area (Å²) in [5.74, 6) is 0.921. The van der Waals surface area contributed by atoms with Crippen molar-refractivity contribution >= 4 is 52.9 Å². The zero-order chi connectivity index (χ0) is 17.5. The van der Waals surface area contributed by atoms with E-state index in [2.05, 4.69) is 27.5 Å². The number of halogens is 2. The highest BCUT2D eigenvalue weighted by Crippen LogP contribution is 2.14. The second-order valence-corrected chi connectivity index (χ2v) is 7.22. The Labute approximate surface area is 176 Å². The highest BCUT2D eigenvalue weighted by Gasteiger charge is 2.09. The van der Waals surface area contributed by atoms with Crippen molar-refractivity contribution in [1.82, 2.24) is 19.8 Å². The van der Waals surface area contributed by atoms with Crippen LogP contribution in [0.1, 0.15) is 29.7 Å². The molecule has 25 heavy (non-hydrogen) atoms. The summed E-state index contributed by atoms with van der Waals surface area (Å²) < 4.78 is 2.05. The number of nitrogens with zero attached hydrogens (tertiary/aromatic N) is 4. The van der Waals surface area contributed by atoms with Crippen molar-refractivity contribution in [3.8, 4) is 0 Å². The normalized spacial score (nSPS) is 11.3. The fourth-order valence-electron chi connectivity index (χ4n) is 2.44. The molecule has 0 fully saturated rings. The van der Waals surface area contributed by atoms with Crippen LogP contribution in [0.25, 0.3) is 0 Å². The third kappa shape index (κ3) is 7.15. The summed E-state index contributed by atoms with van der Waals surface area (Å²) in [6.07, 6.45) is 3.91. The van der Waals surface area contributed by atoms with E-state index in [1.807, 2.05) is 37.8 Å². The summed E-state index contributed by atoms with van der Waals surface area (Å²) in [7, 11) is 4.06. The number of rotatable bonds is 7. The standard InChI is InChI=1S/C17H26ClN5S.HI/c1-5-19-17(20-8-6-7-16-21-13(2)12-24-16)23(4)11-15-9-14(18)10-22(15)3;/h9-10,12H,5-8,11H2,1-4H3,(H,19,20);1H. The van der Waals surface area contributed by atoms with Gasteiger partial charge in [0.05, 0.1) is 16.6 Å². The largest absolute Gasteiger partial charge is 0.357 e. The van der Waals surface area contributed by atoms with Crippen LogP contribution in [0.4, 0.5) is 0 Å². The van der Waals surface area contributed by atoms with Crippen molar-refractivity contribution in [3.63, 3.8) is 0 Å². The van der Waals surface area contributed by atoms with E-state index in [4.69, 9.17) is 16.6 Å². The van der Waals surface area contributed by atoms with E-state index in [0.29, 0.717) is 0 Å². The molecule has 0 radical (unpaired) electrons. The van der Waals surface area contributed by atoms with Gasteiger partial charge in [0.25, 0.3) is 0 Å². The van der Waals surface area contributed by atoms with Crippen molar-refractivity contribution in [2.24, 2.45) is 12.0 Å². The summed E-state index contributed by atoms with van der Waals surface area (Å²) in [6, 6.07) is 1.99. The Hall–Kier alpha value is -0.800. The van der Waals surface area contributed by atoms with Crippen LogP contribution in [-0.4, -0.2) is 40.5 Å². The molecule has 2 aromatic heterocycles. The molecule has 5 nitrogen and oxygen atoms in total. The topological polar surface area (TPSA) is 45.5 Å². The lowest BCUT2D eigenvalue weighted by Gasteiger charge is -2.22. The smallest absolute Gasteiger partial charge is 0.194 e. The Balaban J connectivity index is 0.00000312. The first kappa shape index (κ1) is 22.2. The molecule has 0 aliphatic heterocycles. The Morgan fingerprint density at radius 2 is 2.24 bits per heavy atom. The lowest BCUT2D eigenvalue weighted by Crippen LogP contribution is -2.38. The summed E-state index contributed by atoms with van der Waals surface area (Å²) in [6.45, 7) is 6.52. The quantitative estimate of drug-likeness (QED) is 0.272. The molecule has 1 N–H and O–H groups in total. The van der Waals surface area contributed by atoms with Gasteiger partial charge in [-0.25, -0.2) is 4.98 Å². The van der Waals surface area contributed by atoms with Gasteiger partial charge in [-0.2, -0.15) is 0 Å². The van der Waals surface area contributed by atoms with E-state index in [1.54, 1.807) is 11.3 Å². The summed E-state index contributed by atoms with van der Waals surface area (Å²) in [5, 5.41) is 7.41. The van der Waals surface area contributed by atoms with Crippen LogP contribution in [0.15, 0.2) is 22.6 Å². The number of guanidine groups is 1. The number of aliphatic imine (C=N–C) groups is 1. The molecule has 0 saturated carbocycles. The SMILES string of the molecule is CCNC(=NCCCc1nc(C)cs1)N(C)Cc1cc(Cl)cn1C.I. The van der Waals surface area contributed by atoms with Crippen LogP contribution in [0.2, 0.25) is 5.02 Å². The molecule has 0 spiro atoms. The van der Waals surface area contributed by atoms with E-state index in [1.165, 1.54) is 5.01 Å². The first-order chi connectivity index (χ1) is 11.5. The highest BCUT2D eigenvalue weighted by atomic mass is 127. The van der Waals surface area contributed by atoms with Crippen molar-refractivity contribution in [1.29, 1.82) is 0 Å². The molecule has 0 saturated heterocycles. The minimum atomic E-state index is 0. The van der Waals surface area contributed by atoms with Crippen LogP contribution < -0.4 is 5.32 Å². The van der Waals surface area contributed by atoms with Gasteiger partial charge in [-0.15, -0.1) is 35.3 Å². The summed E-state index contributed by atoms with van der Waals surface area (Å²) >= 11 is 7.79. The zero-order valence-electron chi connectivity index (χ0n) is 15.3. The van der Waals surface area contributed by atoms with Gasteiger partial charge in [-0.1, -0.05) is 11.6 Å². The van der Waals surface area contributed by atoms with Gasteiger partial charge in [-0.3, -0.25) is 4.99 Å². The number of aromatic nitrogens is 2. The molecule has 2 rings (SSSR count). The van der Waals surface area contributed by atoms with E-state index in [0.717, 1.165) is 54.8 Å². The lowest BCUT2D eigenvalue weighted by molar-refractivity contribution is 0.461. The van der Waals surface area contributed by atoms with Gasteiger partial charge in [0.15, 0.2) is 5.96 Å². The molecule has 0 bridgehead atoms. The second-order valence-electron chi connectivity index (χ2n) is 5.84. The van der Waals surface area contributed by atoms with Gasteiger partial charge in [0.2, 0.25) is 0 Å². The van der Waals surface area contributed by atoms with Gasteiger partial charge >= 0.3 is 0 Å². The molecule has 2 aromatic rings. The molecular weight excluding hydrogens is 469 g/mol. The molecule has 140 valence electrons. The Bertz CT molecular complexity index is 682. The number of hydrogen-bond acceptors (Lipinski definition) is 3. The fraction of sp³-hybridized carbons (Fsp3) is 0.529. The van der Waals surface area contributed by atoms with Crippen molar-refractivity contribution < 1.29 is 0 Å². The predicted octanol–water partition coefficient (Wildman–Crippen LogP) is 4.09. The van der Waals surface area contributed by atoms with E-state index >= 15 is 0 Å². The molecular formula is C17H27ClIN5S. The number of nitrogens with one attached hydrogen (secondary N) is 1. The second kappa shape index (κ2) is 11.0.